The third-order valence-corrected chi connectivity index (χ3v) is 6.57. The van der Waals surface area contributed by atoms with E-state index in [1.807, 2.05) is 0 Å². The van der Waals surface area contributed by atoms with Gasteiger partial charge in [0.05, 0.1) is 21.7 Å². The molecule has 0 radical (unpaired) electrons. The Kier molecular flexibility index (Phi) is 5.57. The van der Waals surface area contributed by atoms with Gasteiger partial charge in [0.25, 0.3) is 0 Å². The molecule has 3 aliphatic rings. The minimum absolute atomic E-state index is 0.215. The molecular weight excluding hydrogens is 383 g/mol. The van der Waals surface area contributed by atoms with Crippen LogP contribution in [0.2, 0.25) is 15.1 Å². The molecule has 0 saturated heterocycles. The van der Waals surface area contributed by atoms with Crippen LogP contribution in [0.3, 0.4) is 0 Å². The molecule has 1 aromatic carbocycles. The highest BCUT2D eigenvalue weighted by Crippen LogP contribution is 2.59. The molecule has 3 nitrogen and oxygen atoms in total. The number of hydrogen-bond donors (Lipinski definition) is 0. The number of fused-ring (bicyclic) bond motifs is 1. The van der Waals surface area contributed by atoms with Gasteiger partial charge >= 0.3 is 5.97 Å². The van der Waals surface area contributed by atoms with Gasteiger partial charge in [-0.05, 0) is 36.2 Å². The van der Waals surface area contributed by atoms with Gasteiger partial charge in [-0.1, -0.05) is 60.3 Å². The van der Waals surface area contributed by atoms with Gasteiger partial charge in [0.15, 0.2) is 6.61 Å². The molecule has 2 bridgehead atoms. The number of esters is 1. The maximum atomic E-state index is 11.9. The smallest absolute Gasteiger partial charge is 0.344 e. The summed E-state index contributed by atoms with van der Waals surface area (Å²) in [5.41, 5.74) is 1.82. The second-order valence-electron chi connectivity index (χ2n) is 7.28. The first-order chi connectivity index (χ1) is 11.8. The van der Waals surface area contributed by atoms with Crippen molar-refractivity contribution in [2.75, 3.05) is 13.2 Å². The van der Waals surface area contributed by atoms with Crippen molar-refractivity contribution in [3.63, 3.8) is 0 Å². The normalized spacial score (nSPS) is 23.5. The van der Waals surface area contributed by atoms with E-state index in [0.29, 0.717) is 38.8 Å². The molecule has 0 aliphatic heterocycles. The molecular formula is C19H21Cl3O3. The van der Waals surface area contributed by atoms with Crippen LogP contribution in [0.15, 0.2) is 23.8 Å². The first-order valence-electron chi connectivity index (χ1n) is 8.41. The Balaban J connectivity index is 1.43. The average Bonchev–Trinajstić information content (AvgIpc) is 2.57. The zero-order valence-corrected chi connectivity index (χ0v) is 16.5. The van der Waals surface area contributed by atoms with Crippen LogP contribution in [0.4, 0.5) is 0 Å². The standard InChI is InChI=1S/C19H21Cl3O3/c1-19(2)12-4-3-11(13(19)7-12)5-6-24-18(23)10-25-17-9-15(21)14(20)8-16(17)22/h3,8-9,12-13H,4-7,10H2,1-2H3/t12-,13-/m1/s1. The van der Waals surface area contributed by atoms with Crippen LogP contribution in [-0.2, 0) is 9.53 Å². The van der Waals surface area contributed by atoms with E-state index in [4.69, 9.17) is 44.3 Å². The van der Waals surface area contributed by atoms with Gasteiger partial charge in [0, 0.05) is 12.5 Å². The van der Waals surface area contributed by atoms with Crippen LogP contribution < -0.4 is 4.74 Å². The van der Waals surface area contributed by atoms with Crippen molar-refractivity contribution in [2.45, 2.75) is 33.1 Å². The van der Waals surface area contributed by atoms with Gasteiger partial charge in [-0.15, -0.1) is 0 Å². The molecule has 0 unspecified atom stereocenters. The third-order valence-electron chi connectivity index (χ3n) is 5.56. The lowest BCUT2D eigenvalue weighted by Crippen LogP contribution is -2.48. The van der Waals surface area contributed by atoms with Gasteiger partial charge < -0.3 is 9.47 Å². The molecule has 1 fully saturated rings. The lowest BCUT2D eigenvalue weighted by atomic mass is 9.48. The van der Waals surface area contributed by atoms with Crippen molar-refractivity contribution in [1.82, 2.24) is 0 Å². The minimum Gasteiger partial charge on any atom is -0.480 e. The van der Waals surface area contributed by atoms with Crippen molar-refractivity contribution in [2.24, 2.45) is 17.3 Å². The Morgan fingerprint density at radius 2 is 1.92 bits per heavy atom. The predicted molar refractivity (Wildman–Crippen MR) is 101 cm³/mol. The lowest BCUT2D eigenvalue weighted by Gasteiger charge is -2.56. The van der Waals surface area contributed by atoms with E-state index in [2.05, 4.69) is 19.9 Å². The molecule has 0 heterocycles. The van der Waals surface area contributed by atoms with E-state index >= 15 is 0 Å². The van der Waals surface area contributed by atoms with E-state index in [0.717, 1.165) is 18.8 Å². The summed E-state index contributed by atoms with van der Waals surface area (Å²) in [6.45, 7) is 4.83. The fraction of sp³-hybridized carbons (Fsp3) is 0.526. The maximum Gasteiger partial charge on any atom is 0.344 e. The molecule has 136 valence electrons. The van der Waals surface area contributed by atoms with E-state index in [1.54, 1.807) is 0 Å². The number of hydrogen-bond acceptors (Lipinski definition) is 3. The van der Waals surface area contributed by atoms with Gasteiger partial charge in [0.1, 0.15) is 5.75 Å². The fourth-order valence-corrected chi connectivity index (χ4v) is 4.42. The van der Waals surface area contributed by atoms with Crippen molar-refractivity contribution < 1.29 is 14.3 Å². The van der Waals surface area contributed by atoms with Gasteiger partial charge in [0.2, 0.25) is 0 Å². The largest absolute Gasteiger partial charge is 0.480 e. The van der Waals surface area contributed by atoms with E-state index in [9.17, 15) is 4.79 Å². The summed E-state index contributed by atoms with van der Waals surface area (Å²) in [6, 6.07) is 2.97. The monoisotopic (exact) mass is 402 g/mol. The first-order valence-corrected chi connectivity index (χ1v) is 9.54. The molecule has 1 saturated carbocycles. The number of allylic oxidation sites excluding steroid dienone is 1. The van der Waals surface area contributed by atoms with Crippen molar-refractivity contribution in [3.8, 4) is 5.75 Å². The summed E-state index contributed by atoms with van der Waals surface area (Å²) in [7, 11) is 0. The Hall–Kier alpha value is -0.900. The summed E-state index contributed by atoms with van der Waals surface area (Å²) < 4.78 is 10.7. The SMILES string of the molecule is CC1(C)[C@@H]2CC=C(CCOC(=O)COc3cc(Cl)c(Cl)cc3Cl)[C@H]1C2. The summed E-state index contributed by atoms with van der Waals surface area (Å²) in [6.07, 6.45) is 5.53. The maximum absolute atomic E-state index is 11.9. The number of benzene rings is 1. The first kappa shape index (κ1) is 18.9. The zero-order chi connectivity index (χ0) is 18.2. The number of halogens is 3. The zero-order valence-electron chi connectivity index (χ0n) is 14.3. The molecule has 3 aliphatic carbocycles. The number of carbonyl (C=O) groups is 1. The minimum atomic E-state index is -0.427. The highest BCUT2D eigenvalue weighted by molar-refractivity contribution is 6.43. The van der Waals surface area contributed by atoms with Crippen LogP contribution in [0.25, 0.3) is 0 Å². The predicted octanol–water partition coefficient (Wildman–Crippen LogP) is 5.95. The quantitative estimate of drug-likeness (QED) is 0.334. The Bertz CT molecular complexity index is 712. The fourth-order valence-electron chi connectivity index (χ4n) is 3.83. The Morgan fingerprint density at radius 1 is 1.20 bits per heavy atom. The van der Waals surface area contributed by atoms with Crippen LogP contribution >= 0.6 is 34.8 Å². The van der Waals surface area contributed by atoms with E-state index in [1.165, 1.54) is 24.1 Å². The summed E-state index contributed by atoms with van der Waals surface area (Å²) in [5, 5.41) is 0.958. The summed E-state index contributed by atoms with van der Waals surface area (Å²) in [4.78, 5) is 11.9. The van der Waals surface area contributed by atoms with Crippen LogP contribution in [-0.4, -0.2) is 19.2 Å². The topological polar surface area (TPSA) is 35.5 Å². The second-order valence-corrected chi connectivity index (χ2v) is 8.50. The molecule has 0 N–H and O–H groups in total. The molecule has 0 aromatic heterocycles. The average molecular weight is 404 g/mol. The van der Waals surface area contributed by atoms with Crippen LogP contribution in [0, 0.1) is 17.3 Å². The molecule has 4 rings (SSSR count). The Labute approximate surface area is 163 Å². The van der Waals surface area contributed by atoms with E-state index < -0.39 is 5.97 Å². The molecule has 1 aromatic rings. The lowest BCUT2D eigenvalue weighted by molar-refractivity contribution is -0.146. The molecule has 2 atom stereocenters. The highest BCUT2D eigenvalue weighted by atomic mass is 35.5. The highest BCUT2D eigenvalue weighted by Gasteiger charge is 2.50. The van der Waals surface area contributed by atoms with Gasteiger partial charge in [-0.3, -0.25) is 0 Å². The molecule has 0 spiro atoms. The summed E-state index contributed by atoms with van der Waals surface area (Å²) in [5.74, 6) is 1.33. The molecule has 6 heteroatoms. The van der Waals surface area contributed by atoms with Crippen molar-refractivity contribution in [3.05, 3.63) is 38.8 Å². The summed E-state index contributed by atoms with van der Waals surface area (Å²) >= 11 is 17.8. The second kappa shape index (κ2) is 7.38. The molecule has 25 heavy (non-hydrogen) atoms. The van der Waals surface area contributed by atoms with Gasteiger partial charge in [-0.2, -0.15) is 0 Å². The molecule has 0 amide bonds. The van der Waals surface area contributed by atoms with Crippen molar-refractivity contribution in [1.29, 1.82) is 0 Å². The van der Waals surface area contributed by atoms with E-state index in [-0.39, 0.29) is 6.61 Å². The van der Waals surface area contributed by atoms with Crippen LogP contribution in [0.5, 0.6) is 5.75 Å². The van der Waals surface area contributed by atoms with Gasteiger partial charge in [-0.25, -0.2) is 4.79 Å². The van der Waals surface area contributed by atoms with Crippen LogP contribution in [0.1, 0.15) is 33.1 Å². The number of rotatable bonds is 6. The Morgan fingerprint density at radius 3 is 2.60 bits per heavy atom. The number of ether oxygens (including phenoxy) is 2. The number of carbonyl (C=O) groups excluding carboxylic acids is 1. The van der Waals surface area contributed by atoms with Crippen molar-refractivity contribution >= 4 is 40.8 Å². The third kappa shape index (κ3) is 3.94.